The van der Waals surface area contributed by atoms with Gasteiger partial charge >= 0.3 is 17.9 Å². The molecule has 65 heavy (non-hydrogen) atoms. The van der Waals surface area contributed by atoms with E-state index in [1.54, 1.807) is 0 Å². The summed E-state index contributed by atoms with van der Waals surface area (Å²) in [6.07, 6.45) is 63.1. The second kappa shape index (κ2) is 54.5. The van der Waals surface area contributed by atoms with Crippen LogP contribution in [0.4, 0.5) is 0 Å². The summed E-state index contributed by atoms with van der Waals surface area (Å²) in [5, 5.41) is 0. The molecule has 0 spiro atoms. The Morgan fingerprint density at radius 2 is 0.508 bits per heavy atom. The van der Waals surface area contributed by atoms with Crippen molar-refractivity contribution in [3.05, 3.63) is 24.3 Å². The molecular weight excluding hydrogens is 805 g/mol. The molecule has 0 amide bonds. The lowest BCUT2D eigenvalue weighted by Gasteiger charge is -2.18. The molecule has 6 heteroatoms. The van der Waals surface area contributed by atoms with Crippen molar-refractivity contribution in [1.29, 1.82) is 0 Å². The van der Waals surface area contributed by atoms with Gasteiger partial charge in [0.25, 0.3) is 0 Å². The van der Waals surface area contributed by atoms with Crippen LogP contribution in [0.2, 0.25) is 0 Å². The van der Waals surface area contributed by atoms with Crippen LogP contribution in [0.3, 0.4) is 0 Å². The Balaban J connectivity index is 4.35. The van der Waals surface area contributed by atoms with Crippen molar-refractivity contribution in [2.45, 2.75) is 322 Å². The molecule has 0 aromatic carbocycles. The van der Waals surface area contributed by atoms with Crippen molar-refractivity contribution >= 4 is 17.9 Å². The van der Waals surface area contributed by atoms with Crippen molar-refractivity contribution in [3.63, 3.8) is 0 Å². The molecule has 0 heterocycles. The first kappa shape index (κ1) is 62.9. The van der Waals surface area contributed by atoms with Gasteiger partial charge in [-0.3, -0.25) is 14.4 Å². The summed E-state index contributed by atoms with van der Waals surface area (Å²) in [6, 6.07) is 0. The lowest BCUT2D eigenvalue weighted by molar-refractivity contribution is -0.167. The first-order chi connectivity index (χ1) is 32.0. The molecule has 0 rings (SSSR count). The molecule has 0 N–H and O–H groups in total. The SMILES string of the molecule is CCCCCCCCC/C=C\CCCCCC(=O)OCC(COC(=O)CCCCCCC/C=C\CCCCCCCCCCC)OC(=O)CCCCCCCCCCCCCCCCC. The van der Waals surface area contributed by atoms with Crippen molar-refractivity contribution in [2.24, 2.45) is 0 Å². The van der Waals surface area contributed by atoms with Crippen LogP contribution in [-0.4, -0.2) is 37.2 Å². The number of carbonyl (C=O) groups excluding carboxylic acids is 3. The highest BCUT2D eigenvalue weighted by atomic mass is 16.6. The molecule has 0 aliphatic heterocycles. The largest absolute Gasteiger partial charge is 0.462 e. The highest BCUT2D eigenvalue weighted by molar-refractivity contribution is 5.71. The fourth-order valence-corrected chi connectivity index (χ4v) is 8.55. The van der Waals surface area contributed by atoms with Crippen LogP contribution in [0.15, 0.2) is 24.3 Å². The van der Waals surface area contributed by atoms with Crippen molar-refractivity contribution in [3.8, 4) is 0 Å². The molecule has 1 atom stereocenters. The third kappa shape index (κ3) is 52.7. The van der Waals surface area contributed by atoms with Gasteiger partial charge in [0.1, 0.15) is 13.2 Å². The van der Waals surface area contributed by atoms with Gasteiger partial charge in [0, 0.05) is 19.3 Å². The third-order valence-electron chi connectivity index (χ3n) is 12.9. The van der Waals surface area contributed by atoms with E-state index >= 15 is 0 Å². The minimum atomic E-state index is -0.776. The quantitative estimate of drug-likeness (QED) is 0.0262. The van der Waals surface area contributed by atoms with Crippen LogP contribution >= 0.6 is 0 Å². The molecule has 0 radical (unpaired) electrons. The lowest BCUT2D eigenvalue weighted by Crippen LogP contribution is -2.30. The number of carbonyl (C=O) groups is 3. The van der Waals surface area contributed by atoms with Gasteiger partial charge < -0.3 is 14.2 Å². The van der Waals surface area contributed by atoms with Crippen molar-refractivity contribution in [1.82, 2.24) is 0 Å². The Labute approximate surface area is 404 Å². The Hall–Kier alpha value is -2.11. The number of hydrogen-bond acceptors (Lipinski definition) is 6. The minimum Gasteiger partial charge on any atom is -0.462 e. The summed E-state index contributed by atoms with van der Waals surface area (Å²) in [5.74, 6) is -0.880. The number of hydrogen-bond donors (Lipinski definition) is 0. The summed E-state index contributed by atoms with van der Waals surface area (Å²) in [7, 11) is 0. The molecule has 1 unspecified atom stereocenters. The average Bonchev–Trinajstić information content (AvgIpc) is 3.30. The molecule has 0 aromatic heterocycles. The van der Waals surface area contributed by atoms with Crippen molar-refractivity contribution in [2.75, 3.05) is 13.2 Å². The standard InChI is InChI=1S/C59H110O6/c1-4-7-10-13-16-19-22-25-28-29-30-32-34-37-40-43-46-49-52-58(61)64-55-56(54-63-57(60)51-48-45-42-39-36-33-27-24-21-18-15-12-9-6-3)65-59(62)53-50-47-44-41-38-35-31-26-23-20-17-14-11-8-5-2/h30,32-33,36,56H,4-29,31,34-35,37-55H2,1-3H3/b32-30-,36-33-. The van der Waals surface area contributed by atoms with E-state index in [4.69, 9.17) is 14.2 Å². The van der Waals surface area contributed by atoms with Gasteiger partial charge in [0.15, 0.2) is 6.10 Å². The molecule has 6 nitrogen and oxygen atoms in total. The smallest absolute Gasteiger partial charge is 0.306 e. The summed E-state index contributed by atoms with van der Waals surface area (Å²) in [4.78, 5) is 38.1. The number of ether oxygens (including phenoxy) is 3. The van der Waals surface area contributed by atoms with Gasteiger partial charge in [-0.15, -0.1) is 0 Å². The number of allylic oxidation sites excluding steroid dienone is 4. The predicted octanol–water partition coefficient (Wildman–Crippen LogP) is 19.1. The van der Waals surface area contributed by atoms with Crippen LogP contribution in [0.25, 0.3) is 0 Å². The Morgan fingerprint density at radius 3 is 0.785 bits per heavy atom. The van der Waals surface area contributed by atoms with Crippen LogP contribution in [0.5, 0.6) is 0 Å². The van der Waals surface area contributed by atoms with Gasteiger partial charge in [0.05, 0.1) is 0 Å². The third-order valence-corrected chi connectivity index (χ3v) is 12.9. The summed E-state index contributed by atoms with van der Waals surface area (Å²) >= 11 is 0. The maximum absolute atomic E-state index is 12.8. The number of rotatable bonds is 53. The van der Waals surface area contributed by atoms with Crippen LogP contribution < -0.4 is 0 Å². The summed E-state index contributed by atoms with van der Waals surface area (Å²) in [6.45, 7) is 6.66. The molecular formula is C59H110O6. The molecule has 0 aliphatic carbocycles. The Kier molecular flexibility index (Phi) is 52.7. The van der Waals surface area contributed by atoms with Crippen LogP contribution in [0, 0.1) is 0 Å². The summed E-state index contributed by atoms with van der Waals surface area (Å²) in [5.41, 5.74) is 0. The second-order valence-electron chi connectivity index (χ2n) is 19.6. The van der Waals surface area contributed by atoms with Gasteiger partial charge in [-0.1, -0.05) is 251 Å². The van der Waals surface area contributed by atoms with E-state index in [1.165, 1.54) is 205 Å². The van der Waals surface area contributed by atoms with Gasteiger partial charge in [0.2, 0.25) is 0 Å². The first-order valence-corrected chi connectivity index (χ1v) is 28.8. The molecule has 0 bridgehead atoms. The summed E-state index contributed by atoms with van der Waals surface area (Å²) < 4.78 is 16.9. The van der Waals surface area contributed by atoms with Crippen LogP contribution in [0.1, 0.15) is 316 Å². The van der Waals surface area contributed by atoms with E-state index in [-0.39, 0.29) is 31.1 Å². The molecule has 0 aliphatic rings. The van der Waals surface area contributed by atoms with E-state index < -0.39 is 6.10 Å². The Morgan fingerprint density at radius 1 is 0.292 bits per heavy atom. The molecule has 0 fully saturated rings. The van der Waals surface area contributed by atoms with Gasteiger partial charge in [-0.25, -0.2) is 0 Å². The van der Waals surface area contributed by atoms with Crippen molar-refractivity contribution < 1.29 is 28.6 Å². The zero-order chi connectivity index (χ0) is 47.2. The number of unbranched alkanes of at least 4 members (excludes halogenated alkanes) is 38. The normalized spacial score (nSPS) is 12.1. The highest BCUT2D eigenvalue weighted by Gasteiger charge is 2.19. The fourth-order valence-electron chi connectivity index (χ4n) is 8.55. The topological polar surface area (TPSA) is 78.9 Å². The van der Waals surface area contributed by atoms with Crippen LogP contribution in [-0.2, 0) is 28.6 Å². The van der Waals surface area contributed by atoms with Gasteiger partial charge in [-0.05, 0) is 70.6 Å². The van der Waals surface area contributed by atoms with E-state index in [0.717, 1.165) is 70.6 Å². The maximum Gasteiger partial charge on any atom is 0.306 e. The molecule has 0 saturated heterocycles. The zero-order valence-corrected chi connectivity index (χ0v) is 43.8. The van der Waals surface area contributed by atoms with E-state index in [1.807, 2.05) is 0 Å². The molecule has 0 saturated carbocycles. The van der Waals surface area contributed by atoms with Gasteiger partial charge in [-0.2, -0.15) is 0 Å². The van der Waals surface area contributed by atoms with E-state index in [2.05, 4.69) is 45.1 Å². The fraction of sp³-hybridized carbons (Fsp3) is 0.881. The lowest BCUT2D eigenvalue weighted by atomic mass is 10.0. The second-order valence-corrected chi connectivity index (χ2v) is 19.6. The monoisotopic (exact) mass is 915 g/mol. The predicted molar refractivity (Wildman–Crippen MR) is 279 cm³/mol. The minimum absolute atomic E-state index is 0.0761. The van der Waals surface area contributed by atoms with E-state index in [9.17, 15) is 14.4 Å². The average molecular weight is 916 g/mol. The van der Waals surface area contributed by atoms with E-state index in [0.29, 0.717) is 19.3 Å². The first-order valence-electron chi connectivity index (χ1n) is 28.8. The number of esters is 3. The Bertz CT molecular complexity index is 1050. The highest BCUT2D eigenvalue weighted by Crippen LogP contribution is 2.16. The zero-order valence-electron chi connectivity index (χ0n) is 43.8. The molecule has 382 valence electrons. The molecule has 0 aromatic rings. The maximum atomic E-state index is 12.8.